The lowest BCUT2D eigenvalue weighted by Crippen LogP contribution is -2.38. The summed E-state index contributed by atoms with van der Waals surface area (Å²) in [4.78, 5) is 12.1. The summed E-state index contributed by atoms with van der Waals surface area (Å²) in [5, 5.41) is 2.35. The summed E-state index contributed by atoms with van der Waals surface area (Å²) < 4.78 is 82.5. The van der Waals surface area contributed by atoms with Crippen LogP contribution < -0.4 is 19.9 Å². The van der Waals surface area contributed by atoms with Crippen molar-refractivity contribution < 1.29 is 35.5 Å². The van der Waals surface area contributed by atoms with Gasteiger partial charge >= 0.3 is 6.36 Å². The van der Waals surface area contributed by atoms with Crippen molar-refractivity contribution in [3.8, 4) is 5.75 Å². The Morgan fingerprint density at radius 3 is 2.53 bits per heavy atom. The Labute approximate surface area is 195 Å². The van der Waals surface area contributed by atoms with Gasteiger partial charge < -0.3 is 10.1 Å². The van der Waals surface area contributed by atoms with Crippen LogP contribution in [0, 0.1) is 5.82 Å². The van der Waals surface area contributed by atoms with E-state index >= 15 is 0 Å². The molecular weight excluding hydrogens is 502 g/mol. The first kappa shape index (κ1) is 23.8. The average molecular weight is 516 g/mol. The second kappa shape index (κ2) is 8.78. The third-order valence-corrected chi connectivity index (χ3v) is 6.71. The number of rotatable bonds is 5. The van der Waals surface area contributed by atoms with E-state index in [2.05, 4.69) is 15.5 Å². The van der Waals surface area contributed by atoms with Gasteiger partial charge in [-0.2, -0.15) is 12.8 Å². The Hall–Kier alpha value is -3.35. The predicted molar refractivity (Wildman–Crippen MR) is 115 cm³/mol. The summed E-state index contributed by atoms with van der Waals surface area (Å²) in [6, 6.07) is 12.1. The fraction of sp³-hybridized carbons (Fsp3) is 0.0952. The van der Waals surface area contributed by atoms with E-state index in [1.54, 1.807) is 6.07 Å². The Morgan fingerprint density at radius 2 is 1.82 bits per heavy atom. The summed E-state index contributed by atoms with van der Waals surface area (Å²) in [6.45, 7) is 0.0979. The molecule has 7 nitrogen and oxygen atoms in total. The molecule has 0 radical (unpaired) electrons. The maximum Gasteiger partial charge on any atom is 0.573 e. The van der Waals surface area contributed by atoms with E-state index in [0.717, 1.165) is 34.7 Å². The first-order valence-electron chi connectivity index (χ1n) is 9.49. The van der Waals surface area contributed by atoms with Crippen LogP contribution in [0.4, 0.5) is 28.9 Å². The van der Waals surface area contributed by atoms with Crippen molar-refractivity contribution in [2.24, 2.45) is 0 Å². The van der Waals surface area contributed by atoms with Crippen molar-refractivity contribution in [1.82, 2.24) is 5.43 Å². The zero-order valence-electron chi connectivity index (χ0n) is 16.9. The number of fused-ring (bicyclic) bond motifs is 1. The highest BCUT2D eigenvalue weighted by Crippen LogP contribution is 2.34. The Morgan fingerprint density at radius 1 is 1.09 bits per heavy atom. The van der Waals surface area contributed by atoms with Crippen LogP contribution in [0.25, 0.3) is 0 Å². The van der Waals surface area contributed by atoms with Crippen LogP contribution in [0.1, 0.15) is 15.9 Å². The van der Waals surface area contributed by atoms with E-state index in [1.165, 1.54) is 24.3 Å². The van der Waals surface area contributed by atoms with E-state index in [9.17, 15) is 30.8 Å². The van der Waals surface area contributed by atoms with Crippen molar-refractivity contribution >= 4 is 38.9 Å². The molecule has 3 aromatic carbocycles. The van der Waals surface area contributed by atoms with Crippen LogP contribution >= 0.6 is 11.6 Å². The Bertz CT molecular complexity index is 1360. The number of nitrogens with one attached hydrogen (secondary N) is 2. The normalized spacial score (nSPS) is 13.5. The highest BCUT2D eigenvalue weighted by molar-refractivity contribution is 7.92. The number of ether oxygens (including phenoxy) is 1. The van der Waals surface area contributed by atoms with E-state index in [1.807, 2.05) is 0 Å². The lowest BCUT2D eigenvalue weighted by atomic mass is 10.1. The largest absolute Gasteiger partial charge is 0.573 e. The molecule has 1 heterocycles. The third kappa shape index (κ3) is 4.79. The van der Waals surface area contributed by atoms with Crippen LogP contribution in [-0.4, -0.2) is 20.7 Å². The molecule has 34 heavy (non-hydrogen) atoms. The summed E-state index contributed by atoms with van der Waals surface area (Å²) in [5.41, 5.74) is 3.07. The molecule has 0 fully saturated rings. The minimum absolute atomic E-state index is 0.0979. The Balaban J connectivity index is 1.63. The van der Waals surface area contributed by atoms with Gasteiger partial charge in [0.2, 0.25) is 0 Å². The van der Waals surface area contributed by atoms with Gasteiger partial charge in [-0.3, -0.25) is 4.79 Å². The molecule has 0 saturated carbocycles. The zero-order valence-corrected chi connectivity index (χ0v) is 18.4. The molecule has 4 rings (SSSR count). The number of carbonyl (C=O) groups is 1. The second-order valence-corrected chi connectivity index (χ2v) is 9.22. The van der Waals surface area contributed by atoms with Gasteiger partial charge in [0.15, 0.2) is 0 Å². The quantitative estimate of drug-likeness (QED) is 0.475. The van der Waals surface area contributed by atoms with Crippen molar-refractivity contribution in [1.29, 1.82) is 0 Å². The number of anilines is 2. The number of alkyl halides is 3. The molecule has 0 saturated heterocycles. The summed E-state index contributed by atoms with van der Waals surface area (Å²) in [6.07, 6.45) is -4.99. The van der Waals surface area contributed by atoms with Crippen LogP contribution in [0.15, 0.2) is 65.6 Å². The molecule has 13 heteroatoms. The number of benzene rings is 3. The third-order valence-electron chi connectivity index (χ3n) is 4.74. The topological polar surface area (TPSA) is 87.7 Å². The van der Waals surface area contributed by atoms with Crippen LogP contribution in [-0.2, 0) is 16.6 Å². The number of halogens is 5. The van der Waals surface area contributed by atoms with Crippen molar-refractivity contribution in [2.75, 3.05) is 9.73 Å². The number of hydrogen-bond donors (Lipinski definition) is 2. The standard InChI is InChI=1S/C21H14ClF4N3O4S/c22-16-5-2-6-17(23)19(16)20(30)28-13-8-7-12-11-27-29(18(12)9-13)34(31,32)15-4-1-3-14(10-15)33-21(24,25)26/h1-10,27H,11H2,(H,28,30). The summed E-state index contributed by atoms with van der Waals surface area (Å²) in [5.74, 6) is -2.38. The number of sulfonamides is 1. The number of hydrogen-bond acceptors (Lipinski definition) is 5. The van der Waals surface area contributed by atoms with Crippen LogP contribution in [0.3, 0.4) is 0 Å². The molecule has 0 bridgehead atoms. The lowest BCUT2D eigenvalue weighted by Gasteiger charge is -2.20. The monoisotopic (exact) mass is 515 g/mol. The van der Waals surface area contributed by atoms with Gasteiger partial charge in [-0.1, -0.05) is 29.8 Å². The highest BCUT2D eigenvalue weighted by Gasteiger charge is 2.34. The SMILES string of the molecule is O=C(Nc1ccc2c(c1)N(S(=O)(=O)c1cccc(OC(F)(F)F)c1)NC2)c1c(F)cccc1Cl. The van der Waals surface area contributed by atoms with Gasteiger partial charge in [-0.25, -0.2) is 9.82 Å². The molecule has 0 atom stereocenters. The molecule has 2 N–H and O–H groups in total. The van der Waals surface area contributed by atoms with Gasteiger partial charge in [0.05, 0.1) is 21.2 Å². The summed E-state index contributed by atoms with van der Waals surface area (Å²) in [7, 11) is -4.36. The Kier molecular flexibility index (Phi) is 6.14. The second-order valence-electron chi connectivity index (χ2n) is 7.02. The molecule has 0 aromatic heterocycles. The number of amides is 1. The molecular formula is C21H14ClF4N3O4S. The van der Waals surface area contributed by atoms with Crippen molar-refractivity contribution in [3.05, 3.63) is 82.6 Å². The average Bonchev–Trinajstić information content (AvgIpc) is 3.16. The van der Waals surface area contributed by atoms with Gasteiger partial charge in [0.25, 0.3) is 15.9 Å². The molecule has 3 aromatic rings. The minimum Gasteiger partial charge on any atom is -0.406 e. The summed E-state index contributed by atoms with van der Waals surface area (Å²) >= 11 is 5.91. The molecule has 1 aliphatic heterocycles. The maximum atomic E-state index is 14.0. The van der Waals surface area contributed by atoms with Crippen molar-refractivity contribution in [3.63, 3.8) is 0 Å². The number of carbonyl (C=O) groups excluding carboxylic acids is 1. The van der Waals surface area contributed by atoms with Crippen LogP contribution in [0.2, 0.25) is 5.02 Å². The first-order chi connectivity index (χ1) is 16.0. The number of hydrazine groups is 1. The minimum atomic E-state index is -4.99. The fourth-order valence-corrected chi connectivity index (χ4v) is 4.92. The lowest BCUT2D eigenvalue weighted by molar-refractivity contribution is -0.274. The van der Waals surface area contributed by atoms with E-state index < -0.39 is 38.8 Å². The van der Waals surface area contributed by atoms with E-state index in [-0.39, 0.29) is 28.5 Å². The smallest absolute Gasteiger partial charge is 0.406 e. The van der Waals surface area contributed by atoms with Gasteiger partial charge in [-0.15, -0.1) is 13.2 Å². The maximum absolute atomic E-state index is 14.0. The van der Waals surface area contributed by atoms with Gasteiger partial charge in [-0.05, 0) is 42.0 Å². The molecule has 178 valence electrons. The zero-order chi connectivity index (χ0) is 24.7. The molecule has 0 spiro atoms. The molecule has 0 unspecified atom stereocenters. The molecule has 0 aliphatic carbocycles. The van der Waals surface area contributed by atoms with Crippen LogP contribution in [0.5, 0.6) is 5.75 Å². The molecule has 1 aliphatic rings. The van der Waals surface area contributed by atoms with Crippen molar-refractivity contribution in [2.45, 2.75) is 17.8 Å². The van der Waals surface area contributed by atoms with Gasteiger partial charge in [0.1, 0.15) is 11.6 Å². The highest BCUT2D eigenvalue weighted by atomic mass is 35.5. The fourth-order valence-electron chi connectivity index (χ4n) is 3.28. The predicted octanol–water partition coefficient (Wildman–Crippen LogP) is 4.84. The van der Waals surface area contributed by atoms with E-state index in [4.69, 9.17) is 11.6 Å². The van der Waals surface area contributed by atoms with E-state index in [0.29, 0.717) is 5.56 Å². The van der Waals surface area contributed by atoms with Gasteiger partial charge in [0, 0.05) is 18.3 Å². The molecule has 1 amide bonds. The first-order valence-corrected chi connectivity index (χ1v) is 11.3. The number of nitrogens with zero attached hydrogens (tertiary/aromatic N) is 1.